The highest BCUT2D eigenvalue weighted by Crippen LogP contribution is 2.10. The topological polar surface area (TPSA) is 84.6 Å². The maximum Gasteiger partial charge on any atom is 0.192 e. The van der Waals surface area contributed by atoms with Crippen molar-refractivity contribution in [1.29, 1.82) is 0 Å². The van der Waals surface area contributed by atoms with E-state index in [0.717, 1.165) is 18.7 Å². The number of H-pyrrole nitrogens is 1. The molecule has 0 fully saturated rings. The van der Waals surface area contributed by atoms with Crippen molar-refractivity contribution in [3.63, 3.8) is 0 Å². The van der Waals surface area contributed by atoms with E-state index in [1.807, 2.05) is 24.5 Å². The zero-order valence-electron chi connectivity index (χ0n) is 12.9. The van der Waals surface area contributed by atoms with Crippen LogP contribution in [0.1, 0.15) is 25.6 Å². The van der Waals surface area contributed by atoms with Gasteiger partial charge in [-0.25, -0.2) is 4.57 Å². The summed E-state index contributed by atoms with van der Waals surface area (Å²) in [6, 6.07) is 3.84. The van der Waals surface area contributed by atoms with Crippen LogP contribution >= 0.6 is 11.8 Å². The van der Waals surface area contributed by atoms with Crippen LogP contribution in [0, 0.1) is 0 Å². The fourth-order valence-electron chi connectivity index (χ4n) is 1.82. The molecule has 2 rings (SSSR count). The quantitative estimate of drug-likeness (QED) is 0.497. The third-order valence-corrected chi connectivity index (χ3v) is 3.83. The second-order valence-electron chi connectivity index (χ2n) is 4.67. The number of carbonyl (C=O) groups is 1. The Morgan fingerprint density at radius 3 is 2.83 bits per heavy atom. The van der Waals surface area contributed by atoms with Gasteiger partial charge < -0.3 is 21.7 Å². The molecule has 0 aliphatic carbocycles. The summed E-state index contributed by atoms with van der Waals surface area (Å²) in [5.41, 5.74) is 0. The highest BCUT2D eigenvalue weighted by atomic mass is 79.9. The fourth-order valence-corrected chi connectivity index (χ4v) is 2.56. The molecule has 0 spiro atoms. The Hall–Kier alpha value is -1.48. The number of thioether (sulfide) groups is 1. The number of rotatable bonds is 9. The Morgan fingerprint density at radius 2 is 2.17 bits per heavy atom. The zero-order valence-corrected chi connectivity index (χ0v) is 15.3. The molecule has 2 heterocycles. The molecule has 7 nitrogen and oxygen atoms in total. The number of aromatic nitrogens is 5. The molecule has 9 heteroatoms. The third kappa shape index (κ3) is 7.56. The number of carbonyl (C=O) groups excluding carboxylic acids is 1. The number of aryl methyl sites for hydroxylation is 2. The number of hydrogen-bond acceptors (Lipinski definition) is 6. The van der Waals surface area contributed by atoms with Gasteiger partial charge in [-0.15, -0.1) is 10.2 Å². The van der Waals surface area contributed by atoms with Crippen molar-refractivity contribution in [2.45, 2.75) is 32.7 Å². The minimum atomic E-state index is 0. The maximum atomic E-state index is 11.7. The smallest absolute Gasteiger partial charge is 0.192 e. The molecular formula is C14H20BrN5O2S. The normalized spacial score (nSPS) is 10.1. The van der Waals surface area contributed by atoms with Crippen LogP contribution in [0.15, 0.2) is 24.5 Å². The SMILES string of the molecule is CCC[n+]1ccc(OCCC(=O)SCCc2nn[nH]n2)cc1.[Br-]. The van der Waals surface area contributed by atoms with Gasteiger partial charge >= 0.3 is 0 Å². The average Bonchev–Trinajstić information content (AvgIpc) is 3.03. The van der Waals surface area contributed by atoms with E-state index >= 15 is 0 Å². The van der Waals surface area contributed by atoms with Gasteiger partial charge in [0.1, 0.15) is 12.3 Å². The lowest BCUT2D eigenvalue weighted by Crippen LogP contribution is -3.00. The van der Waals surface area contributed by atoms with Crippen molar-refractivity contribution in [1.82, 2.24) is 20.6 Å². The van der Waals surface area contributed by atoms with Crippen LogP contribution in [0.3, 0.4) is 0 Å². The molecule has 126 valence electrons. The number of halogens is 1. The summed E-state index contributed by atoms with van der Waals surface area (Å²) >= 11 is 1.27. The number of nitrogens with zero attached hydrogens (tertiary/aromatic N) is 4. The first-order valence-corrected chi connectivity index (χ1v) is 8.26. The predicted molar refractivity (Wildman–Crippen MR) is 82.4 cm³/mol. The molecule has 0 radical (unpaired) electrons. The van der Waals surface area contributed by atoms with E-state index in [2.05, 4.69) is 32.1 Å². The fraction of sp³-hybridized carbons (Fsp3) is 0.500. The monoisotopic (exact) mass is 401 g/mol. The van der Waals surface area contributed by atoms with E-state index in [1.54, 1.807) is 0 Å². The van der Waals surface area contributed by atoms with Gasteiger partial charge in [0.05, 0.1) is 13.0 Å². The Bertz CT molecular complexity index is 565. The van der Waals surface area contributed by atoms with Crippen LogP contribution in [0.4, 0.5) is 0 Å². The second kappa shape index (κ2) is 11.1. The van der Waals surface area contributed by atoms with Crippen molar-refractivity contribution in [3.8, 4) is 5.75 Å². The molecule has 0 saturated heterocycles. The predicted octanol–water partition coefficient (Wildman–Crippen LogP) is -1.83. The lowest BCUT2D eigenvalue weighted by Gasteiger charge is -2.04. The Morgan fingerprint density at radius 1 is 1.39 bits per heavy atom. The molecule has 23 heavy (non-hydrogen) atoms. The van der Waals surface area contributed by atoms with Crippen molar-refractivity contribution in [2.75, 3.05) is 12.4 Å². The van der Waals surface area contributed by atoms with Crippen LogP contribution in [0.25, 0.3) is 0 Å². The van der Waals surface area contributed by atoms with Gasteiger partial charge in [-0.2, -0.15) is 5.21 Å². The molecule has 0 unspecified atom stereocenters. The summed E-state index contributed by atoms with van der Waals surface area (Å²) in [5.74, 6) is 2.07. The van der Waals surface area contributed by atoms with Gasteiger partial charge in [-0.05, 0) is 0 Å². The molecule has 2 aromatic rings. The molecule has 0 bridgehead atoms. The molecule has 2 aromatic heterocycles. The minimum Gasteiger partial charge on any atom is -1.00 e. The van der Waals surface area contributed by atoms with Gasteiger partial charge in [0.15, 0.2) is 23.3 Å². The lowest BCUT2D eigenvalue weighted by atomic mass is 10.4. The van der Waals surface area contributed by atoms with E-state index in [4.69, 9.17) is 4.74 Å². The summed E-state index contributed by atoms with van der Waals surface area (Å²) in [6.45, 7) is 3.53. The average molecular weight is 402 g/mol. The van der Waals surface area contributed by atoms with Crippen LogP contribution in [-0.2, 0) is 17.8 Å². The molecule has 0 aliphatic heterocycles. The van der Waals surface area contributed by atoms with Crippen molar-refractivity contribution in [2.24, 2.45) is 0 Å². The van der Waals surface area contributed by atoms with E-state index in [9.17, 15) is 4.79 Å². The van der Waals surface area contributed by atoms with Crippen molar-refractivity contribution < 1.29 is 31.1 Å². The Labute approximate surface area is 150 Å². The number of nitrogens with one attached hydrogen (secondary N) is 1. The van der Waals surface area contributed by atoms with Crippen LogP contribution < -0.4 is 26.3 Å². The third-order valence-electron chi connectivity index (χ3n) is 2.90. The van der Waals surface area contributed by atoms with E-state index in [-0.39, 0.29) is 22.1 Å². The standard InChI is InChI=1S/C14H20N5O2S.BrH/c1-2-7-19-8-3-12(4-9-19)21-10-5-14(20)22-11-6-13-15-17-18-16-13;/h3-4,8-9H,2,5-7,10-11H2,1H3,(H,15,16,17,18);1H/q+1;/p-1. The summed E-state index contributed by atoms with van der Waals surface area (Å²) < 4.78 is 7.68. The second-order valence-corrected chi connectivity index (χ2v) is 5.82. The van der Waals surface area contributed by atoms with Gasteiger partial charge in [-0.3, -0.25) is 4.79 Å². The number of aromatic amines is 1. The zero-order chi connectivity index (χ0) is 15.6. The summed E-state index contributed by atoms with van der Waals surface area (Å²) in [4.78, 5) is 11.7. The van der Waals surface area contributed by atoms with E-state index in [0.29, 0.717) is 31.0 Å². The first-order chi connectivity index (χ1) is 10.8. The number of tetrazole rings is 1. The van der Waals surface area contributed by atoms with Gasteiger partial charge in [0.25, 0.3) is 0 Å². The van der Waals surface area contributed by atoms with E-state index in [1.165, 1.54) is 11.8 Å². The minimum absolute atomic E-state index is 0. The maximum absolute atomic E-state index is 11.7. The first kappa shape index (κ1) is 19.6. The lowest BCUT2D eigenvalue weighted by molar-refractivity contribution is -0.697. The summed E-state index contributed by atoms with van der Waals surface area (Å²) in [7, 11) is 0. The number of pyridine rings is 1. The van der Waals surface area contributed by atoms with Crippen molar-refractivity contribution >= 4 is 16.9 Å². The molecule has 0 aromatic carbocycles. The molecular weight excluding hydrogens is 382 g/mol. The van der Waals surface area contributed by atoms with Crippen LogP contribution in [-0.4, -0.2) is 38.1 Å². The van der Waals surface area contributed by atoms with Gasteiger partial charge in [0, 0.05) is 30.7 Å². The highest BCUT2D eigenvalue weighted by molar-refractivity contribution is 8.13. The molecule has 0 amide bonds. The highest BCUT2D eigenvalue weighted by Gasteiger charge is 2.06. The first-order valence-electron chi connectivity index (χ1n) is 7.28. The summed E-state index contributed by atoms with van der Waals surface area (Å²) in [5, 5.41) is 13.6. The summed E-state index contributed by atoms with van der Waals surface area (Å²) in [6.07, 6.45) is 6.09. The van der Waals surface area contributed by atoms with Crippen LogP contribution in [0.5, 0.6) is 5.75 Å². The molecule has 1 N–H and O–H groups in total. The molecule has 0 atom stereocenters. The number of ether oxygens (including phenoxy) is 1. The van der Waals surface area contributed by atoms with Gasteiger partial charge in [0.2, 0.25) is 0 Å². The largest absolute Gasteiger partial charge is 1.00 e. The van der Waals surface area contributed by atoms with Crippen LogP contribution in [0.2, 0.25) is 0 Å². The van der Waals surface area contributed by atoms with Gasteiger partial charge in [-0.1, -0.05) is 23.9 Å². The Kier molecular flexibility index (Phi) is 9.46. The molecule has 0 aliphatic rings. The number of hydrogen-bond donors (Lipinski definition) is 1. The van der Waals surface area contributed by atoms with Crippen molar-refractivity contribution in [3.05, 3.63) is 30.4 Å². The van der Waals surface area contributed by atoms with E-state index < -0.39 is 0 Å². The molecule has 0 saturated carbocycles. The Balaban J connectivity index is 0.00000264.